The van der Waals surface area contributed by atoms with Crippen LogP contribution in [0, 0.1) is 0 Å². The second-order valence-corrected chi connectivity index (χ2v) is 4.59. The number of anilines is 1. The van der Waals surface area contributed by atoms with E-state index in [4.69, 9.17) is 10.5 Å². The maximum absolute atomic E-state index is 11.8. The van der Waals surface area contributed by atoms with Crippen molar-refractivity contribution in [2.75, 3.05) is 5.73 Å². The second-order valence-electron chi connectivity index (χ2n) is 4.59. The summed E-state index contributed by atoms with van der Waals surface area (Å²) in [5.74, 6) is 1.39. The molecule has 0 spiro atoms. The van der Waals surface area contributed by atoms with Gasteiger partial charge in [0, 0.05) is 23.6 Å². The highest BCUT2D eigenvalue weighted by atomic mass is 16.5. The van der Waals surface area contributed by atoms with E-state index >= 15 is 0 Å². The molecule has 1 heterocycles. The van der Waals surface area contributed by atoms with Crippen LogP contribution in [0.5, 0.6) is 11.6 Å². The highest BCUT2D eigenvalue weighted by molar-refractivity contribution is 5.99. The Hall–Kier alpha value is -2.36. The number of aromatic nitrogens is 1. The predicted molar refractivity (Wildman–Crippen MR) is 72.4 cm³/mol. The molecule has 0 radical (unpaired) electrons. The first-order valence-electron chi connectivity index (χ1n) is 6.28. The third kappa shape index (κ3) is 2.29. The number of rotatable bonds is 2. The lowest BCUT2D eigenvalue weighted by Gasteiger charge is -2.18. The SMILES string of the molecule is Nc1ccc(Oc2cccc3c2CCCC3=O)nc1. The summed E-state index contributed by atoms with van der Waals surface area (Å²) < 4.78 is 5.76. The molecule has 96 valence electrons. The van der Waals surface area contributed by atoms with Crippen LogP contribution in [0.3, 0.4) is 0 Å². The van der Waals surface area contributed by atoms with E-state index in [1.165, 1.54) is 0 Å². The number of ether oxygens (including phenoxy) is 1. The molecule has 0 saturated heterocycles. The van der Waals surface area contributed by atoms with Crippen molar-refractivity contribution in [3.8, 4) is 11.6 Å². The zero-order chi connectivity index (χ0) is 13.2. The van der Waals surface area contributed by atoms with Gasteiger partial charge in [0.05, 0.1) is 11.9 Å². The number of benzene rings is 1. The average molecular weight is 254 g/mol. The Labute approximate surface area is 111 Å². The summed E-state index contributed by atoms with van der Waals surface area (Å²) in [7, 11) is 0. The van der Waals surface area contributed by atoms with E-state index in [1.807, 2.05) is 18.2 Å². The van der Waals surface area contributed by atoms with Crippen molar-refractivity contribution in [2.24, 2.45) is 0 Å². The Morgan fingerprint density at radius 1 is 1.16 bits per heavy atom. The summed E-state index contributed by atoms with van der Waals surface area (Å²) in [6, 6.07) is 9.03. The molecule has 19 heavy (non-hydrogen) atoms. The van der Waals surface area contributed by atoms with E-state index in [1.54, 1.807) is 18.3 Å². The fourth-order valence-corrected chi connectivity index (χ4v) is 2.31. The summed E-state index contributed by atoms with van der Waals surface area (Å²) in [5, 5.41) is 0. The molecule has 0 fully saturated rings. The lowest BCUT2D eigenvalue weighted by Crippen LogP contribution is -2.11. The van der Waals surface area contributed by atoms with E-state index < -0.39 is 0 Å². The molecule has 0 saturated carbocycles. The molecule has 2 N–H and O–H groups in total. The Morgan fingerprint density at radius 2 is 2.05 bits per heavy atom. The minimum atomic E-state index is 0.192. The lowest BCUT2D eigenvalue weighted by molar-refractivity contribution is 0.0972. The highest BCUT2D eigenvalue weighted by Crippen LogP contribution is 2.32. The van der Waals surface area contributed by atoms with Gasteiger partial charge < -0.3 is 10.5 Å². The van der Waals surface area contributed by atoms with Crippen LogP contribution in [-0.4, -0.2) is 10.8 Å². The van der Waals surface area contributed by atoms with Gasteiger partial charge in [0.15, 0.2) is 5.78 Å². The zero-order valence-corrected chi connectivity index (χ0v) is 10.4. The lowest BCUT2D eigenvalue weighted by atomic mass is 9.90. The van der Waals surface area contributed by atoms with Gasteiger partial charge in [0.2, 0.25) is 5.88 Å². The van der Waals surface area contributed by atoms with Crippen molar-refractivity contribution < 1.29 is 9.53 Å². The molecule has 3 rings (SSSR count). The monoisotopic (exact) mass is 254 g/mol. The molecule has 0 atom stereocenters. The summed E-state index contributed by atoms with van der Waals surface area (Å²) >= 11 is 0. The van der Waals surface area contributed by atoms with Gasteiger partial charge in [-0.3, -0.25) is 4.79 Å². The van der Waals surface area contributed by atoms with E-state index in [2.05, 4.69) is 4.98 Å². The minimum absolute atomic E-state index is 0.192. The number of carbonyl (C=O) groups excluding carboxylic acids is 1. The molecule has 0 bridgehead atoms. The molecule has 1 aliphatic rings. The van der Waals surface area contributed by atoms with Gasteiger partial charge in [-0.1, -0.05) is 12.1 Å². The van der Waals surface area contributed by atoms with E-state index in [0.717, 1.165) is 24.0 Å². The summed E-state index contributed by atoms with van der Waals surface area (Å²) in [5.41, 5.74) is 7.94. The number of pyridine rings is 1. The van der Waals surface area contributed by atoms with Gasteiger partial charge >= 0.3 is 0 Å². The molecule has 1 aliphatic carbocycles. The van der Waals surface area contributed by atoms with Gasteiger partial charge in [0.25, 0.3) is 0 Å². The molecule has 0 amide bonds. The summed E-state index contributed by atoms with van der Waals surface area (Å²) in [4.78, 5) is 16.0. The number of fused-ring (bicyclic) bond motifs is 1. The number of nitrogens with two attached hydrogens (primary N) is 1. The average Bonchev–Trinajstić information content (AvgIpc) is 2.43. The molecule has 4 nitrogen and oxygen atoms in total. The van der Waals surface area contributed by atoms with Gasteiger partial charge in [-0.15, -0.1) is 0 Å². The highest BCUT2D eigenvalue weighted by Gasteiger charge is 2.20. The molecule has 1 aromatic heterocycles. The molecule has 2 aromatic rings. The van der Waals surface area contributed by atoms with Crippen molar-refractivity contribution in [3.63, 3.8) is 0 Å². The Balaban J connectivity index is 1.95. The smallest absolute Gasteiger partial charge is 0.219 e. The van der Waals surface area contributed by atoms with E-state index in [-0.39, 0.29) is 5.78 Å². The van der Waals surface area contributed by atoms with Crippen LogP contribution in [0.15, 0.2) is 36.5 Å². The van der Waals surface area contributed by atoms with E-state index in [9.17, 15) is 4.79 Å². The van der Waals surface area contributed by atoms with Crippen molar-refractivity contribution in [2.45, 2.75) is 19.3 Å². The maximum Gasteiger partial charge on any atom is 0.219 e. The molecule has 0 aliphatic heterocycles. The van der Waals surface area contributed by atoms with Gasteiger partial charge in [-0.05, 0) is 25.0 Å². The summed E-state index contributed by atoms with van der Waals surface area (Å²) in [6.45, 7) is 0. The zero-order valence-electron chi connectivity index (χ0n) is 10.4. The fourth-order valence-electron chi connectivity index (χ4n) is 2.31. The van der Waals surface area contributed by atoms with Crippen molar-refractivity contribution >= 4 is 11.5 Å². The molecular weight excluding hydrogens is 240 g/mol. The van der Waals surface area contributed by atoms with Crippen molar-refractivity contribution in [3.05, 3.63) is 47.7 Å². The van der Waals surface area contributed by atoms with Gasteiger partial charge in [-0.2, -0.15) is 0 Å². The van der Waals surface area contributed by atoms with Crippen LogP contribution in [0.25, 0.3) is 0 Å². The topological polar surface area (TPSA) is 65.2 Å². The van der Waals surface area contributed by atoms with Crippen LogP contribution < -0.4 is 10.5 Å². The number of ketones is 1. The number of nitrogens with zero attached hydrogens (tertiary/aromatic N) is 1. The van der Waals surface area contributed by atoms with Crippen molar-refractivity contribution in [1.82, 2.24) is 4.98 Å². The molecule has 0 unspecified atom stereocenters. The number of hydrogen-bond acceptors (Lipinski definition) is 4. The molecular formula is C15H14N2O2. The Morgan fingerprint density at radius 3 is 2.84 bits per heavy atom. The number of Topliss-reactive ketones (excluding diaryl/α,β-unsaturated/α-hetero) is 1. The molecule has 4 heteroatoms. The first kappa shape index (κ1) is 11.7. The first-order valence-corrected chi connectivity index (χ1v) is 6.28. The third-order valence-electron chi connectivity index (χ3n) is 3.24. The quantitative estimate of drug-likeness (QED) is 0.894. The van der Waals surface area contributed by atoms with E-state index in [0.29, 0.717) is 23.7 Å². The maximum atomic E-state index is 11.8. The minimum Gasteiger partial charge on any atom is -0.439 e. The number of carbonyl (C=O) groups is 1. The van der Waals surface area contributed by atoms with Crippen LogP contribution in [-0.2, 0) is 6.42 Å². The molecule has 1 aromatic carbocycles. The first-order chi connectivity index (χ1) is 9.24. The van der Waals surface area contributed by atoms with Crippen LogP contribution in [0.2, 0.25) is 0 Å². The normalized spacial score (nSPS) is 14.0. The summed E-state index contributed by atoms with van der Waals surface area (Å²) in [6.07, 6.45) is 3.92. The Bertz CT molecular complexity index is 621. The largest absolute Gasteiger partial charge is 0.439 e. The van der Waals surface area contributed by atoms with Crippen LogP contribution in [0.1, 0.15) is 28.8 Å². The predicted octanol–water partition coefficient (Wildman–Crippen LogP) is 2.98. The number of hydrogen-bond donors (Lipinski definition) is 1. The standard InChI is InChI=1S/C15H14N2O2/c16-10-7-8-15(17-9-10)19-14-6-2-3-11-12(14)4-1-5-13(11)18/h2-3,6-9H,1,4-5,16H2. The Kier molecular flexibility index (Phi) is 2.91. The van der Waals surface area contributed by atoms with Crippen LogP contribution >= 0.6 is 0 Å². The second kappa shape index (κ2) is 4.72. The van der Waals surface area contributed by atoms with Crippen molar-refractivity contribution in [1.29, 1.82) is 0 Å². The fraction of sp³-hybridized carbons (Fsp3) is 0.200. The van der Waals surface area contributed by atoms with Gasteiger partial charge in [-0.25, -0.2) is 4.98 Å². The van der Waals surface area contributed by atoms with Crippen LogP contribution in [0.4, 0.5) is 5.69 Å². The van der Waals surface area contributed by atoms with Gasteiger partial charge in [0.1, 0.15) is 5.75 Å². The third-order valence-corrected chi connectivity index (χ3v) is 3.24. The number of nitrogen functional groups attached to an aromatic ring is 1.